The maximum atomic E-state index is 12.2. The molecule has 0 radical (unpaired) electrons. The van der Waals surface area contributed by atoms with Crippen LogP contribution in [0.1, 0.15) is 10.4 Å². The summed E-state index contributed by atoms with van der Waals surface area (Å²) in [5, 5.41) is 21.3. The largest absolute Gasteiger partial charge is 0.497 e. The molecule has 0 spiro atoms. The first-order valence-electron chi connectivity index (χ1n) is 8.90. The predicted octanol–water partition coefficient (Wildman–Crippen LogP) is 3.77. The molecule has 0 aliphatic heterocycles. The van der Waals surface area contributed by atoms with Crippen molar-refractivity contribution in [3.05, 3.63) is 59.0 Å². The van der Waals surface area contributed by atoms with Crippen molar-refractivity contribution in [2.75, 3.05) is 28.4 Å². The molecular formula is C22H22O7S. The standard InChI is InChI=1S/C22H22O7S/c1-26-15-7-5-6-13(10-15)18-8-9-19(30-18)22(25,21(23)24)14-11-16(27-2)20(29-4)17(12-14)28-3/h5-12,25H,1-4H3,(H,23,24). The summed E-state index contributed by atoms with van der Waals surface area (Å²) < 4.78 is 21.2. The van der Waals surface area contributed by atoms with E-state index in [4.69, 9.17) is 18.9 Å². The van der Waals surface area contributed by atoms with Gasteiger partial charge in [0.05, 0.1) is 33.3 Å². The Bertz CT molecular complexity index is 1030. The van der Waals surface area contributed by atoms with Gasteiger partial charge in [-0.15, -0.1) is 11.3 Å². The lowest BCUT2D eigenvalue weighted by Gasteiger charge is -2.24. The first-order valence-corrected chi connectivity index (χ1v) is 9.71. The Morgan fingerprint density at radius 3 is 2.10 bits per heavy atom. The van der Waals surface area contributed by atoms with E-state index in [1.165, 1.54) is 44.8 Å². The molecule has 3 rings (SSSR count). The minimum absolute atomic E-state index is 0.0866. The molecular weight excluding hydrogens is 408 g/mol. The number of hydrogen-bond acceptors (Lipinski definition) is 7. The first-order chi connectivity index (χ1) is 14.4. The smallest absolute Gasteiger partial charge is 0.346 e. The van der Waals surface area contributed by atoms with Crippen LogP contribution in [0.5, 0.6) is 23.0 Å². The zero-order valence-electron chi connectivity index (χ0n) is 17.0. The van der Waals surface area contributed by atoms with Crippen LogP contribution in [0, 0.1) is 0 Å². The molecule has 3 aromatic rings. The molecule has 30 heavy (non-hydrogen) atoms. The number of aliphatic carboxylic acids is 1. The van der Waals surface area contributed by atoms with E-state index in [1.807, 2.05) is 24.3 Å². The van der Waals surface area contributed by atoms with Crippen LogP contribution in [0.2, 0.25) is 0 Å². The van der Waals surface area contributed by atoms with E-state index in [0.717, 1.165) is 10.4 Å². The number of benzene rings is 2. The Kier molecular flexibility index (Phi) is 6.19. The minimum atomic E-state index is -2.31. The highest BCUT2D eigenvalue weighted by Crippen LogP contribution is 2.45. The molecule has 0 aliphatic carbocycles. The summed E-state index contributed by atoms with van der Waals surface area (Å²) in [5.41, 5.74) is -1.37. The van der Waals surface area contributed by atoms with Gasteiger partial charge in [0.2, 0.25) is 11.4 Å². The number of rotatable bonds is 8. The van der Waals surface area contributed by atoms with Crippen molar-refractivity contribution in [2.24, 2.45) is 0 Å². The van der Waals surface area contributed by atoms with Crippen LogP contribution in [0.25, 0.3) is 10.4 Å². The topological polar surface area (TPSA) is 94.5 Å². The molecule has 0 saturated carbocycles. The summed E-state index contributed by atoms with van der Waals surface area (Å²) in [7, 11) is 5.87. The average Bonchev–Trinajstić information content (AvgIpc) is 3.28. The zero-order valence-corrected chi connectivity index (χ0v) is 17.8. The minimum Gasteiger partial charge on any atom is -0.497 e. The van der Waals surface area contributed by atoms with Crippen molar-refractivity contribution in [1.29, 1.82) is 0 Å². The molecule has 158 valence electrons. The molecule has 1 atom stereocenters. The summed E-state index contributed by atoms with van der Waals surface area (Å²) in [4.78, 5) is 13.3. The van der Waals surface area contributed by atoms with Crippen LogP contribution in [-0.4, -0.2) is 44.6 Å². The van der Waals surface area contributed by atoms with Crippen molar-refractivity contribution < 1.29 is 34.0 Å². The SMILES string of the molecule is COc1cccc(-c2ccc(C(O)(C(=O)O)c3cc(OC)c(OC)c(OC)c3)s2)c1. The van der Waals surface area contributed by atoms with Gasteiger partial charge < -0.3 is 29.2 Å². The van der Waals surface area contributed by atoms with Gasteiger partial charge >= 0.3 is 5.97 Å². The predicted molar refractivity (Wildman–Crippen MR) is 113 cm³/mol. The maximum absolute atomic E-state index is 12.2. The van der Waals surface area contributed by atoms with Gasteiger partial charge in [-0.3, -0.25) is 0 Å². The second-order valence-electron chi connectivity index (χ2n) is 6.33. The van der Waals surface area contributed by atoms with Gasteiger partial charge in [0, 0.05) is 10.4 Å². The highest BCUT2D eigenvalue weighted by Gasteiger charge is 2.43. The van der Waals surface area contributed by atoms with Gasteiger partial charge in [-0.05, 0) is 42.0 Å². The van der Waals surface area contributed by atoms with Crippen LogP contribution >= 0.6 is 11.3 Å². The van der Waals surface area contributed by atoms with Crippen LogP contribution in [0.4, 0.5) is 0 Å². The van der Waals surface area contributed by atoms with Gasteiger partial charge in [0.25, 0.3) is 0 Å². The highest BCUT2D eigenvalue weighted by atomic mass is 32.1. The number of ether oxygens (including phenoxy) is 4. The molecule has 0 bridgehead atoms. The Balaban J connectivity index is 2.14. The van der Waals surface area contributed by atoms with Crippen molar-refractivity contribution >= 4 is 17.3 Å². The van der Waals surface area contributed by atoms with E-state index in [-0.39, 0.29) is 21.9 Å². The Morgan fingerprint density at radius 2 is 1.57 bits per heavy atom. The normalized spacial score (nSPS) is 12.7. The number of carbonyl (C=O) groups is 1. The van der Waals surface area contributed by atoms with Crippen LogP contribution < -0.4 is 18.9 Å². The van der Waals surface area contributed by atoms with Gasteiger partial charge in [-0.1, -0.05) is 12.1 Å². The monoisotopic (exact) mass is 430 g/mol. The van der Waals surface area contributed by atoms with Crippen LogP contribution in [0.15, 0.2) is 48.5 Å². The van der Waals surface area contributed by atoms with Gasteiger partial charge in [0.15, 0.2) is 11.5 Å². The molecule has 0 aliphatic rings. The first kappa shape index (κ1) is 21.5. The molecule has 0 amide bonds. The quantitative estimate of drug-likeness (QED) is 0.562. The van der Waals surface area contributed by atoms with E-state index in [9.17, 15) is 15.0 Å². The Hall–Kier alpha value is -3.23. The number of hydrogen-bond donors (Lipinski definition) is 2. The van der Waals surface area contributed by atoms with Gasteiger partial charge in [-0.25, -0.2) is 4.79 Å². The fourth-order valence-electron chi connectivity index (χ4n) is 3.12. The molecule has 1 unspecified atom stereocenters. The Morgan fingerprint density at radius 1 is 0.900 bits per heavy atom. The molecule has 2 N–H and O–H groups in total. The molecule has 0 fully saturated rings. The summed E-state index contributed by atoms with van der Waals surface area (Å²) in [6.45, 7) is 0. The second-order valence-corrected chi connectivity index (χ2v) is 7.41. The molecule has 8 heteroatoms. The van der Waals surface area contributed by atoms with E-state index in [2.05, 4.69) is 0 Å². The second kappa shape index (κ2) is 8.64. The molecule has 0 saturated heterocycles. The third kappa shape index (κ3) is 3.67. The maximum Gasteiger partial charge on any atom is 0.346 e. The summed E-state index contributed by atoms with van der Waals surface area (Å²) in [6, 6.07) is 13.6. The summed E-state index contributed by atoms with van der Waals surface area (Å²) >= 11 is 1.17. The van der Waals surface area contributed by atoms with Crippen molar-refractivity contribution in [1.82, 2.24) is 0 Å². The lowest BCUT2D eigenvalue weighted by Crippen LogP contribution is -2.36. The fraction of sp³-hybridized carbons (Fsp3) is 0.227. The molecule has 2 aromatic carbocycles. The molecule has 7 nitrogen and oxygen atoms in total. The number of carboxylic acid groups (broad SMARTS) is 1. The number of carboxylic acids is 1. The van der Waals surface area contributed by atoms with E-state index in [1.54, 1.807) is 19.2 Å². The molecule has 1 aromatic heterocycles. The van der Waals surface area contributed by atoms with Crippen molar-refractivity contribution in [3.63, 3.8) is 0 Å². The van der Waals surface area contributed by atoms with Crippen LogP contribution in [0.3, 0.4) is 0 Å². The number of thiophene rings is 1. The summed E-state index contributed by atoms with van der Waals surface area (Å²) in [5.74, 6) is 0.0586. The van der Waals surface area contributed by atoms with Gasteiger partial charge in [-0.2, -0.15) is 0 Å². The third-order valence-electron chi connectivity index (χ3n) is 4.71. The zero-order chi connectivity index (χ0) is 21.9. The van der Waals surface area contributed by atoms with Gasteiger partial charge in [0.1, 0.15) is 5.75 Å². The average molecular weight is 430 g/mol. The van der Waals surface area contributed by atoms with E-state index < -0.39 is 11.6 Å². The van der Waals surface area contributed by atoms with E-state index in [0.29, 0.717) is 11.5 Å². The fourth-order valence-corrected chi connectivity index (χ4v) is 4.23. The Labute approximate surface area is 178 Å². The molecule has 1 heterocycles. The van der Waals surface area contributed by atoms with Crippen LogP contribution in [-0.2, 0) is 10.4 Å². The summed E-state index contributed by atoms with van der Waals surface area (Å²) in [6.07, 6.45) is 0. The third-order valence-corrected chi connectivity index (χ3v) is 5.95. The lowest BCUT2D eigenvalue weighted by molar-refractivity contribution is -0.154. The number of methoxy groups -OCH3 is 4. The number of aliphatic hydroxyl groups is 1. The lowest BCUT2D eigenvalue weighted by atomic mass is 9.91. The van der Waals surface area contributed by atoms with E-state index >= 15 is 0 Å². The highest BCUT2D eigenvalue weighted by molar-refractivity contribution is 7.15. The van der Waals surface area contributed by atoms with Crippen molar-refractivity contribution in [3.8, 4) is 33.4 Å². The van der Waals surface area contributed by atoms with Crippen molar-refractivity contribution in [2.45, 2.75) is 5.60 Å².